The van der Waals surface area contributed by atoms with Crippen molar-refractivity contribution in [3.05, 3.63) is 53.3 Å². The quantitative estimate of drug-likeness (QED) is 0.741. The fraction of sp³-hybridized carbons (Fsp3) is 0.333. The molecule has 1 atom stereocenters. The number of benzene rings is 2. The first-order valence-corrected chi connectivity index (χ1v) is 9.15. The highest BCUT2D eigenvalue weighted by molar-refractivity contribution is 6.52. The van der Waals surface area contributed by atoms with Crippen molar-refractivity contribution in [3.8, 4) is 11.5 Å². The van der Waals surface area contributed by atoms with Crippen molar-refractivity contribution < 1.29 is 23.5 Å². The van der Waals surface area contributed by atoms with Gasteiger partial charge in [-0.1, -0.05) is 6.07 Å². The monoisotopic (exact) mass is 384 g/mol. The summed E-state index contributed by atoms with van der Waals surface area (Å²) in [5, 5.41) is 0. The van der Waals surface area contributed by atoms with E-state index in [1.807, 2.05) is 18.2 Å². The van der Waals surface area contributed by atoms with Crippen LogP contribution in [-0.4, -0.2) is 44.0 Å². The van der Waals surface area contributed by atoms with Crippen LogP contribution in [0.5, 0.6) is 11.5 Å². The maximum absolute atomic E-state index is 13.5. The van der Waals surface area contributed by atoms with Crippen molar-refractivity contribution in [2.24, 2.45) is 0 Å². The zero-order chi connectivity index (χ0) is 19.8. The predicted octanol–water partition coefficient (Wildman–Crippen LogP) is 3.17. The molecule has 0 N–H and O–H groups in total. The van der Waals surface area contributed by atoms with Gasteiger partial charge in [0.05, 0.1) is 32.1 Å². The number of rotatable bonds is 5. The average Bonchev–Trinajstić information content (AvgIpc) is 3.26. The molecule has 0 saturated carbocycles. The highest BCUT2D eigenvalue weighted by atomic mass is 19.1. The molecular weight excluding hydrogens is 363 g/mol. The number of carbonyl (C=O) groups is 2. The van der Waals surface area contributed by atoms with Gasteiger partial charge in [0.25, 0.3) is 5.78 Å². The van der Waals surface area contributed by atoms with Crippen LogP contribution < -0.4 is 14.4 Å². The molecule has 6 nitrogen and oxygen atoms in total. The molecule has 1 amide bonds. The van der Waals surface area contributed by atoms with Crippen molar-refractivity contribution in [2.45, 2.75) is 18.9 Å². The van der Waals surface area contributed by atoms with E-state index in [4.69, 9.17) is 9.47 Å². The Morgan fingerprint density at radius 1 is 1.11 bits per heavy atom. The molecule has 1 saturated heterocycles. The lowest BCUT2D eigenvalue weighted by molar-refractivity contribution is -0.114. The second-order valence-electron chi connectivity index (χ2n) is 6.94. The number of Topliss-reactive ketones (excluding diaryl/α,β-unsaturated/α-hetero) is 1. The summed E-state index contributed by atoms with van der Waals surface area (Å²) in [4.78, 5) is 28.3. The van der Waals surface area contributed by atoms with E-state index in [2.05, 4.69) is 4.90 Å². The topological polar surface area (TPSA) is 59.1 Å². The molecule has 0 radical (unpaired) electrons. The fourth-order valence-electron chi connectivity index (χ4n) is 4.04. The Morgan fingerprint density at radius 2 is 1.93 bits per heavy atom. The van der Waals surface area contributed by atoms with E-state index in [9.17, 15) is 14.0 Å². The van der Waals surface area contributed by atoms with Gasteiger partial charge in [-0.05, 0) is 37.1 Å². The Balaban J connectivity index is 1.62. The van der Waals surface area contributed by atoms with E-state index in [-0.39, 0.29) is 18.3 Å². The number of hydrogen-bond acceptors (Lipinski definition) is 5. The third-order valence-corrected chi connectivity index (χ3v) is 5.42. The smallest absolute Gasteiger partial charge is 0.300 e. The summed E-state index contributed by atoms with van der Waals surface area (Å²) >= 11 is 0. The molecule has 7 heteroatoms. The molecule has 0 aromatic heterocycles. The Bertz CT molecular complexity index is 946. The van der Waals surface area contributed by atoms with Gasteiger partial charge in [0, 0.05) is 24.2 Å². The lowest BCUT2D eigenvalue weighted by Crippen LogP contribution is -2.40. The van der Waals surface area contributed by atoms with Gasteiger partial charge in [-0.25, -0.2) is 4.39 Å². The van der Waals surface area contributed by atoms with Gasteiger partial charge in [-0.3, -0.25) is 19.4 Å². The number of amides is 1. The largest absolute Gasteiger partial charge is 0.497 e. The Morgan fingerprint density at radius 3 is 2.68 bits per heavy atom. The number of nitrogens with zero attached hydrogens (tertiary/aromatic N) is 2. The zero-order valence-electron chi connectivity index (χ0n) is 15.8. The van der Waals surface area contributed by atoms with Crippen molar-refractivity contribution in [2.75, 3.05) is 32.3 Å². The van der Waals surface area contributed by atoms with Crippen LogP contribution in [-0.2, 0) is 4.79 Å². The summed E-state index contributed by atoms with van der Waals surface area (Å²) in [5.74, 6) is -0.368. The number of fused-ring (bicyclic) bond motifs is 1. The van der Waals surface area contributed by atoms with Gasteiger partial charge in [0.1, 0.15) is 17.3 Å². The summed E-state index contributed by atoms with van der Waals surface area (Å²) < 4.78 is 24.3. The Hall–Kier alpha value is -2.93. The zero-order valence-corrected chi connectivity index (χ0v) is 15.8. The van der Waals surface area contributed by atoms with Crippen LogP contribution in [0.2, 0.25) is 0 Å². The molecular formula is C21H21FN2O4. The summed E-state index contributed by atoms with van der Waals surface area (Å²) in [6.07, 6.45) is 1.88. The Labute approximate surface area is 162 Å². The normalized spacial score (nSPS) is 19.2. The fourth-order valence-corrected chi connectivity index (χ4v) is 4.04. The number of carbonyl (C=O) groups excluding carboxylic acids is 2. The second kappa shape index (κ2) is 7.24. The van der Waals surface area contributed by atoms with Crippen LogP contribution in [0.25, 0.3) is 0 Å². The molecule has 2 aliphatic rings. The molecule has 2 aromatic rings. The molecule has 2 aliphatic heterocycles. The average molecular weight is 384 g/mol. The van der Waals surface area contributed by atoms with Crippen LogP contribution in [0, 0.1) is 5.82 Å². The van der Waals surface area contributed by atoms with Crippen molar-refractivity contribution >= 4 is 17.4 Å². The first kappa shape index (κ1) is 18.4. The minimum absolute atomic E-state index is 0.0493. The number of ketones is 1. The number of likely N-dealkylation sites (tertiary alicyclic amines) is 1. The number of halogens is 1. The molecule has 1 fully saturated rings. The van der Waals surface area contributed by atoms with Gasteiger partial charge in [0.15, 0.2) is 0 Å². The third-order valence-electron chi connectivity index (χ3n) is 5.42. The van der Waals surface area contributed by atoms with Gasteiger partial charge in [-0.15, -0.1) is 0 Å². The predicted molar refractivity (Wildman–Crippen MR) is 101 cm³/mol. The first-order chi connectivity index (χ1) is 13.5. The summed E-state index contributed by atoms with van der Waals surface area (Å²) in [7, 11) is 3.22. The minimum atomic E-state index is -0.660. The first-order valence-electron chi connectivity index (χ1n) is 9.15. The lowest BCUT2D eigenvalue weighted by Gasteiger charge is -2.30. The van der Waals surface area contributed by atoms with Crippen LogP contribution in [0.15, 0.2) is 36.4 Å². The molecule has 2 aromatic carbocycles. The molecule has 0 unspecified atom stereocenters. The minimum Gasteiger partial charge on any atom is -0.497 e. The van der Waals surface area contributed by atoms with Crippen molar-refractivity contribution in [1.82, 2.24) is 4.90 Å². The van der Waals surface area contributed by atoms with E-state index >= 15 is 0 Å². The maximum atomic E-state index is 13.5. The summed E-state index contributed by atoms with van der Waals surface area (Å²) in [5.41, 5.74) is 1.60. The van der Waals surface area contributed by atoms with Crippen molar-refractivity contribution in [3.63, 3.8) is 0 Å². The van der Waals surface area contributed by atoms with Crippen LogP contribution >= 0.6 is 0 Å². The standard InChI is InChI=1S/C21H21FN2O4/c1-27-14-6-7-15(19(11-14)28-2)17-4-3-9-23(17)12-24-18-8-5-13(22)10-16(18)20(25)21(24)26/h5-8,10-11,17H,3-4,9,12H2,1-2H3/t17-/m1/s1. The van der Waals surface area contributed by atoms with Crippen LogP contribution in [0.4, 0.5) is 10.1 Å². The second-order valence-corrected chi connectivity index (χ2v) is 6.94. The third kappa shape index (κ3) is 3.01. The lowest BCUT2D eigenvalue weighted by atomic mass is 10.0. The highest BCUT2D eigenvalue weighted by Gasteiger charge is 2.39. The van der Waals surface area contributed by atoms with Crippen molar-refractivity contribution in [1.29, 1.82) is 0 Å². The van der Waals surface area contributed by atoms with Gasteiger partial charge in [0.2, 0.25) is 0 Å². The molecule has 4 rings (SSSR count). The number of ether oxygens (including phenoxy) is 2. The molecule has 0 bridgehead atoms. The van der Waals surface area contributed by atoms with E-state index < -0.39 is 17.5 Å². The summed E-state index contributed by atoms with van der Waals surface area (Å²) in [6, 6.07) is 9.64. The Kier molecular flexibility index (Phi) is 4.77. The van der Waals surface area contributed by atoms with Crippen LogP contribution in [0.3, 0.4) is 0 Å². The van der Waals surface area contributed by atoms with E-state index in [1.54, 1.807) is 14.2 Å². The van der Waals surface area contributed by atoms with Crippen LogP contribution in [0.1, 0.15) is 34.8 Å². The van der Waals surface area contributed by atoms with Gasteiger partial charge >= 0.3 is 5.91 Å². The number of anilines is 1. The highest BCUT2D eigenvalue weighted by Crippen LogP contribution is 2.40. The summed E-state index contributed by atoms with van der Waals surface area (Å²) in [6.45, 7) is 1.05. The number of hydrogen-bond donors (Lipinski definition) is 0. The van der Waals surface area contributed by atoms with Gasteiger partial charge in [-0.2, -0.15) is 0 Å². The SMILES string of the molecule is COc1ccc([C@H]2CCCN2CN2C(=O)C(=O)c3cc(F)ccc32)c(OC)c1. The van der Waals surface area contributed by atoms with E-state index in [1.165, 1.54) is 17.0 Å². The number of methoxy groups -OCH3 is 2. The molecule has 28 heavy (non-hydrogen) atoms. The maximum Gasteiger partial charge on any atom is 0.300 e. The molecule has 146 valence electrons. The van der Waals surface area contributed by atoms with E-state index in [0.29, 0.717) is 11.4 Å². The van der Waals surface area contributed by atoms with E-state index in [0.717, 1.165) is 36.8 Å². The molecule has 2 heterocycles. The molecule has 0 aliphatic carbocycles. The van der Waals surface area contributed by atoms with Gasteiger partial charge < -0.3 is 9.47 Å². The molecule has 0 spiro atoms.